The second-order valence-electron chi connectivity index (χ2n) is 7.69. The van der Waals surface area contributed by atoms with E-state index in [1.165, 1.54) is 0 Å². The molecule has 1 fully saturated rings. The third kappa shape index (κ3) is 5.01. The Balaban J connectivity index is 1.29. The van der Waals surface area contributed by atoms with Crippen LogP contribution in [-0.2, 0) is 11.8 Å². The Morgan fingerprint density at radius 1 is 1.13 bits per heavy atom. The molecule has 8 nitrogen and oxygen atoms in total. The Morgan fingerprint density at radius 2 is 1.93 bits per heavy atom. The summed E-state index contributed by atoms with van der Waals surface area (Å²) in [5.41, 5.74) is 2.69. The number of amides is 1. The van der Waals surface area contributed by atoms with Gasteiger partial charge in [0.15, 0.2) is 0 Å². The lowest BCUT2D eigenvalue weighted by atomic mass is 9.93. The van der Waals surface area contributed by atoms with Crippen molar-refractivity contribution in [3.05, 3.63) is 60.2 Å². The summed E-state index contributed by atoms with van der Waals surface area (Å²) in [5.74, 6) is 1.99. The molecule has 1 saturated heterocycles. The van der Waals surface area contributed by atoms with Crippen LogP contribution in [0.2, 0.25) is 0 Å². The first kappa shape index (κ1) is 20.0. The fraction of sp³-hybridized carbons (Fsp3) is 0.364. The molecule has 0 saturated carbocycles. The monoisotopic (exact) mass is 405 g/mol. The van der Waals surface area contributed by atoms with E-state index in [1.54, 1.807) is 10.9 Å². The van der Waals surface area contributed by atoms with Gasteiger partial charge in [-0.15, -0.1) is 0 Å². The van der Waals surface area contributed by atoms with Crippen LogP contribution < -0.4 is 10.6 Å². The highest BCUT2D eigenvalue weighted by Crippen LogP contribution is 2.28. The van der Waals surface area contributed by atoms with E-state index in [0.717, 1.165) is 54.6 Å². The lowest BCUT2D eigenvalue weighted by molar-refractivity contribution is -0.117. The number of likely N-dealkylation sites (tertiary alicyclic amines) is 1. The molecule has 0 bridgehead atoms. The van der Waals surface area contributed by atoms with Gasteiger partial charge in [0.2, 0.25) is 5.91 Å². The van der Waals surface area contributed by atoms with Crippen LogP contribution in [0.5, 0.6) is 0 Å². The van der Waals surface area contributed by atoms with Crippen LogP contribution in [-0.4, -0.2) is 50.2 Å². The van der Waals surface area contributed by atoms with Crippen LogP contribution in [0.1, 0.15) is 30.1 Å². The fourth-order valence-corrected chi connectivity index (χ4v) is 3.82. The van der Waals surface area contributed by atoms with E-state index in [0.29, 0.717) is 12.5 Å². The number of carbonyl (C=O) groups is 1. The molecular formula is C22H27N7O. The minimum absolute atomic E-state index is 0.00392. The van der Waals surface area contributed by atoms with E-state index >= 15 is 0 Å². The van der Waals surface area contributed by atoms with E-state index in [2.05, 4.69) is 31.7 Å². The van der Waals surface area contributed by atoms with Crippen LogP contribution in [0.3, 0.4) is 0 Å². The maximum Gasteiger partial charge on any atom is 0.238 e. The Labute approximate surface area is 176 Å². The summed E-state index contributed by atoms with van der Waals surface area (Å²) >= 11 is 0. The quantitative estimate of drug-likeness (QED) is 0.655. The summed E-state index contributed by atoms with van der Waals surface area (Å²) in [7, 11) is 1.85. The Morgan fingerprint density at radius 3 is 2.63 bits per heavy atom. The number of nitrogens with zero attached hydrogens (tertiary/aromatic N) is 5. The van der Waals surface area contributed by atoms with Gasteiger partial charge >= 0.3 is 0 Å². The largest absolute Gasteiger partial charge is 0.325 e. The van der Waals surface area contributed by atoms with Gasteiger partial charge < -0.3 is 10.6 Å². The van der Waals surface area contributed by atoms with Crippen molar-refractivity contribution in [2.24, 2.45) is 7.05 Å². The molecular weight excluding hydrogens is 378 g/mol. The number of hydrogen-bond donors (Lipinski definition) is 2. The second kappa shape index (κ2) is 9.04. The summed E-state index contributed by atoms with van der Waals surface area (Å²) in [5, 5.41) is 10.5. The van der Waals surface area contributed by atoms with Gasteiger partial charge in [0.1, 0.15) is 11.6 Å². The van der Waals surface area contributed by atoms with Gasteiger partial charge in [-0.25, -0.2) is 9.97 Å². The number of anilines is 3. The lowest BCUT2D eigenvalue weighted by Gasteiger charge is -2.31. The van der Waals surface area contributed by atoms with Gasteiger partial charge in [0, 0.05) is 31.1 Å². The number of piperidine rings is 1. The zero-order valence-electron chi connectivity index (χ0n) is 17.4. The topological polar surface area (TPSA) is 88.0 Å². The minimum atomic E-state index is 0.00392. The smallest absolute Gasteiger partial charge is 0.238 e. The first-order valence-corrected chi connectivity index (χ1v) is 10.2. The molecule has 0 aromatic carbocycles. The fourth-order valence-electron chi connectivity index (χ4n) is 3.82. The lowest BCUT2D eigenvalue weighted by Crippen LogP contribution is -2.38. The van der Waals surface area contributed by atoms with Crippen molar-refractivity contribution in [1.82, 2.24) is 24.6 Å². The molecule has 0 radical (unpaired) electrons. The van der Waals surface area contributed by atoms with Gasteiger partial charge in [-0.1, -0.05) is 12.1 Å². The first-order chi connectivity index (χ1) is 14.6. The van der Waals surface area contributed by atoms with Crippen LogP contribution in [0.15, 0.2) is 48.8 Å². The standard InChI is InChI=1S/C22H27N7O/c1-16-19(14-28(2)27-16)25-22(30)15-29-12-9-17(10-13-29)18-6-5-8-21(24-18)26-20-7-3-4-11-23-20/h3-8,11,14,17H,9-10,12-13,15H2,1-2H3,(H,25,30)(H,23,24,26). The Hall–Kier alpha value is -3.26. The molecule has 4 heterocycles. The third-order valence-electron chi connectivity index (χ3n) is 5.35. The van der Waals surface area contributed by atoms with E-state index in [9.17, 15) is 4.79 Å². The van der Waals surface area contributed by atoms with E-state index in [-0.39, 0.29) is 5.91 Å². The number of nitrogens with one attached hydrogen (secondary N) is 2. The Kier molecular flexibility index (Phi) is 6.04. The molecule has 2 N–H and O–H groups in total. The van der Waals surface area contributed by atoms with E-state index in [1.807, 2.05) is 50.5 Å². The maximum atomic E-state index is 12.4. The minimum Gasteiger partial charge on any atom is -0.325 e. The van der Waals surface area contributed by atoms with Gasteiger partial charge in [-0.2, -0.15) is 5.10 Å². The number of pyridine rings is 2. The molecule has 0 atom stereocenters. The van der Waals surface area contributed by atoms with Crippen LogP contribution in [0, 0.1) is 6.92 Å². The van der Waals surface area contributed by atoms with Gasteiger partial charge in [-0.05, 0) is 57.1 Å². The van der Waals surface area contributed by atoms with Gasteiger partial charge in [0.25, 0.3) is 0 Å². The first-order valence-electron chi connectivity index (χ1n) is 10.2. The molecule has 4 rings (SSSR count). The molecule has 1 aliphatic heterocycles. The highest BCUT2D eigenvalue weighted by Gasteiger charge is 2.23. The average molecular weight is 406 g/mol. The van der Waals surface area contributed by atoms with Crippen LogP contribution >= 0.6 is 0 Å². The van der Waals surface area contributed by atoms with Crippen LogP contribution in [0.25, 0.3) is 0 Å². The SMILES string of the molecule is Cc1nn(C)cc1NC(=O)CN1CCC(c2cccc(Nc3ccccn3)n2)CC1. The van der Waals surface area contributed by atoms with Gasteiger partial charge in [-0.3, -0.25) is 14.4 Å². The second-order valence-corrected chi connectivity index (χ2v) is 7.69. The number of aromatic nitrogens is 4. The number of hydrogen-bond acceptors (Lipinski definition) is 6. The normalized spacial score (nSPS) is 15.1. The van der Waals surface area contributed by atoms with Crippen molar-refractivity contribution in [1.29, 1.82) is 0 Å². The molecule has 0 spiro atoms. The zero-order valence-corrected chi connectivity index (χ0v) is 17.4. The summed E-state index contributed by atoms with van der Waals surface area (Å²) in [6.45, 7) is 4.05. The Bertz CT molecular complexity index is 994. The molecule has 8 heteroatoms. The molecule has 0 aliphatic carbocycles. The third-order valence-corrected chi connectivity index (χ3v) is 5.35. The summed E-state index contributed by atoms with van der Waals surface area (Å²) in [6.07, 6.45) is 5.56. The van der Waals surface area contributed by atoms with E-state index < -0.39 is 0 Å². The van der Waals surface area contributed by atoms with Crippen molar-refractivity contribution in [2.75, 3.05) is 30.3 Å². The van der Waals surface area contributed by atoms with Crippen molar-refractivity contribution in [3.63, 3.8) is 0 Å². The van der Waals surface area contributed by atoms with Crippen LogP contribution in [0.4, 0.5) is 17.3 Å². The van der Waals surface area contributed by atoms with Gasteiger partial charge in [0.05, 0.1) is 17.9 Å². The molecule has 0 unspecified atom stereocenters. The molecule has 156 valence electrons. The van der Waals surface area contributed by atoms with Crippen molar-refractivity contribution >= 4 is 23.2 Å². The molecule has 3 aromatic rings. The highest BCUT2D eigenvalue weighted by atomic mass is 16.2. The summed E-state index contributed by atoms with van der Waals surface area (Å²) in [6, 6.07) is 11.8. The zero-order chi connectivity index (χ0) is 20.9. The predicted molar refractivity (Wildman–Crippen MR) is 117 cm³/mol. The molecule has 30 heavy (non-hydrogen) atoms. The molecule has 1 aliphatic rings. The predicted octanol–water partition coefficient (Wildman–Crippen LogP) is 3.08. The number of carbonyl (C=O) groups excluding carboxylic acids is 1. The van der Waals surface area contributed by atoms with Crippen molar-refractivity contribution < 1.29 is 4.79 Å². The number of rotatable bonds is 6. The van der Waals surface area contributed by atoms with E-state index in [4.69, 9.17) is 4.98 Å². The molecule has 1 amide bonds. The average Bonchev–Trinajstić information content (AvgIpc) is 3.06. The molecule has 3 aromatic heterocycles. The summed E-state index contributed by atoms with van der Waals surface area (Å²) in [4.78, 5) is 23.7. The maximum absolute atomic E-state index is 12.4. The number of aryl methyl sites for hydroxylation is 2. The highest BCUT2D eigenvalue weighted by molar-refractivity contribution is 5.92. The van der Waals surface area contributed by atoms with Crippen molar-refractivity contribution in [3.8, 4) is 0 Å². The summed E-state index contributed by atoms with van der Waals surface area (Å²) < 4.78 is 1.71. The van der Waals surface area contributed by atoms with Crippen molar-refractivity contribution in [2.45, 2.75) is 25.7 Å².